The molecule has 4 aliphatic carbocycles. The summed E-state index contributed by atoms with van der Waals surface area (Å²) in [7, 11) is 1.66. The second-order valence-electron chi connectivity index (χ2n) is 12.5. The number of Topliss-reactive ketones (excluding diaryl/α,β-unsaturated/α-hetero) is 1. The van der Waals surface area contributed by atoms with Gasteiger partial charge in [-0.15, -0.1) is 0 Å². The van der Waals surface area contributed by atoms with E-state index < -0.39 is 0 Å². The number of methoxy groups -OCH3 is 1. The summed E-state index contributed by atoms with van der Waals surface area (Å²) < 4.78 is 13.7. The molecule has 3 fully saturated rings. The lowest BCUT2D eigenvalue weighted by molar-refractivity contribution is -0.130. The van der Waals surface area contributed by atoms with Gasteiger partial charge in [-0.3, -0.25) is 9.59 Å². The van der Waals surface area contributed by atoms with Crippen LogP contribution in [0.15, 0.2) is 54.1 Å². The van der Waals surface area contributed by atoms with E-state index in [0.29, 0.717) is 48.1 Å². The Labute approximate surface area is 231 Å². The summed E-state index contributed by atoms with van der Waals surface area (Å²) in [6.07, 6.45) is 17.1. The molecule has 0 saturated heterocycles. The van der Waals surface area contributed by atoms with Gasteiger partial charge >= 0.3 is 0 Å². The first-order valence-corrected chi connectivity index (χ1v) is 14.6. The fourth-order valence-corrected chi connectivity index (χ4v) is 8.30. The minimum Gasteiger partial charge on any atom is -0.493 e. The number of allylic oxidation sites excluding steroid dienone is 2. The largest absolute Gasteiger partial charge is 0.493 e. The van der Waals surface area contributed by atoms with Gasteiger partial charge in [0.2, 0.25) is 0 Å². The Morgan fingerprint density at radius 2 is 1.95 bits per heavy atom. The van der Waals surface area contributed by atoms with Crippen molar-refractivity contribution in [1.29, 1.82) is 0 Å². The van der Waals surface area contributed by atoms with Crippen molar-refractivity contribution >= 4 is 17.6 Å². The molecule has 6 heteroatoms. The van der Waals surface area contributed by atoms with Crippen molar-refractivity contribution in [3.63, 3.8) is 0 Å². The van der Waals surface area contributed by atoms with E-state index in [1.165, 1.54) is 5.57 Å². The van der Waals surface area contributed by atoms with Gasteiger partial charge in [-0.05, 0) is 104 Å². The van der Waals surface area contributed by atoms with Gasteiger partial charge in [0.05, 0.1) is 20.0 Å². The highest BCUT2D eigenvalue weighted by molar-refractivity contribution is 6.06. The summed E-state index contributed by atoms with van der Waals surface area (Å²) in [6.45, 7) is 6.05. The maximum absolute atomic E-state index is 13.9. The minimum atomic E-state index is -0.280. The molecule has 6 nitrogen and oxygen atoms in total. The van der Waals surface area contributed by atoms with Gasteiger partial charge in [0.1, 0.15) is 0 Å². The normalized spacial score (nSPS) is 32.8. The molecule has 1 heterocycles. The summed E-state index contributed by atoms with van der Waals surface area (Å²) >= 11 is 0. The van der Waals surface area contributed by atoms with Gasteiger partial charge < -0.3 is 14.0 Å². The van der Waals surface area contributed by atoms with Crippen molar-refractivity contribution in [3.8, 4) is 11.5 Å². The number of imidazole rings is 1. The molecule has 0 bridgehead atoms. The van der Waals surface area contributed by atoms with Crippen molar-refractivity contribution < 1.29 is 19.1 Å². The molecule has 206 valence electrons. The van der Waals surface area contributed by atoms with Crippen LogP contribution in [0.4, 0.5) is 0 Å². The maximum atomic E-state index is 13.9. The van der Waals surface area contributed by atoms with Crippen LogP contribution in [0, 0.1) is 28.6 Å². The lowest BCUT2D eigenvalue weighted by Crippen LogP contribution is -2.50. The molecule has 0 N–H and O–H groups in total. The maximum Gasteiger partial charge on any atom is 0.165 e. The number of fused-ring (bicyclic) bond motifs is 5. The Balaban J connectivity index is 1.18. The number of aromatic nitrogens is 2. The summed E-state index contributed by atoms with van der Waals surface area (Å²) in [5.74, 6) is 3.53. The Kier molecular flexibility index (Phi) is 6.76. The molecule has 1 aromatic heterocycles. The molecule has 5 atom stereocenters. The van der Waals surface area contributed by atoms with Crippen molar-refractivity contribution in [2.24, 2.45) is 28.6 Å². The van der Waals surface area contributed by atoms with Crippen LogP contribution < -0.4 is 9.47 Å². The number of rotatable bonds is 7. The Hall–Kier alpha value is -3.15. The van der Waals surface area contributed by atoms with Crippen molar-refractivity contribution in [1.82, 2.24) is 9.55 Å². The first-order valence-electron chi connectivity index (χ1n) is 14.6. The van der Waals surface area contributed by atoms with Crippen LogP contribution in [0.3, 0.4) is 0 Å². The minimum absolute atomic E-state index is 0.121. The summed E-state index contributed by atoms with van der Waals surface area (Å²) in [5.41, 5.74) is 3.14. The van der Waals surface area contributed by atoms with E-state index in [1.807, 2.05) is 41.4 Å². The first-order chi connectivity index (χ1) is 18.8. The third-order valence-electron chi connectivity index (χ3n) is 10.5. The number of aryl methyl sites for hydroxylation is 1. The highest BCUT2D eigenvalue weighted by Gasteiger charge is 2.60. The second kappa shape index (κ2) is 10.1. The third kappa shape index (κ3) is 4.56. The molecule has 2 aromatic rings. The van der Waals surface area contributed by atoms with Crippen LogP contribution in [-0.4, -0.2) is 34.8 Å². The zero-order valence-electron chi connectivity index (χ0n) is 23.4. The predicted molar refractivity (Wildman–Crippen MR) is 150 cm³/mol. The number of benzene rings is 1. The fourth-order valence-electron chi connectivity index (χ4n) is 8.30. The van der Waals surface area contributed by atoms with Crippen LogP contribution in [0.25, 0.3) is 6.08 Å². The van der Waals surface area contributed by atoms with E-state index in [9.17, 15) is 9.59 Å². The van der Waals surface area contributed by atoms with Gasteiger partial charge in [-0.2, -0.15) is 0 Å². The van der Waals surface area contributed by atoms with Gasteiger partial charge in [0.15, 0.2) is 23.1 Å². The van der Waals surface area contributed by atoms with Gasteiger partial charge in [0.25, 0.3) is 0 Å². The monoisotopic (exact) mass is 528 g/mol. The fraction of sp³-hybridized carbons (Fsp3) is 0.545. The molecule has 0 radical (unpaired) electrons. The van der Waals surface area contributed by atoms with Crippen molar-refractivity contribution in [2.75, 3.05) is 13.7 Å². The van der Waals surface area contributed by atoms with Gasteiger partial charge in [0, 0.05) is 30.8 Å². The summed E-state index contributed by atoms with van der Waals surface area (Å²) in [6, 6.07) is 5.96. The molecule has 0 unspecified atom stereocenters. The molecule has 3 saturated carbocycles. The zero-order chi connectivity index (χ0) is 27.2. The highest BCUT2D eigenvalue weighted by atomic mass is 16.5. The Morgan fingerprint density at radius 1 is 1.08 bits per heavy atom. The number of carbonyl (C=O) groups is 2. The number of ketones is 2. The predicted octanol–water partition coefficient (Wildman–Crippen LogP) is 6.46. The molecule has 0 spiro atoms. The summed E-state index contributed by atoms with van der Waals surface area (Å²) in [5, 5.41) is 0. The topological polar surface area (TPSA) is 70.4 Å². The second-order valence-corrected chi connectivity index (χ2v) is 12.5. The Morgan fingerprint density at radius 3 is 2.74 bits per heavy atom. The Bertz CT molecular complexity index is 1330. The molecule has 1 aromatic carbocycles. The number of ether oxygens (including phenoxy) is 2. The number of hydrogen-bond donors (Lipinski definition) is 0. The zero-order valence-corrected chi connectivity index (χ0v) is 23.4. The first kappa shape index (κ1) is 26.1. The van der Waals surface area contributed by atoms with E-state index in [2.05, 4.69) is 24.9 Å². The lowest BCUT2D eigenvalue weighted by atomic mass is 9.47. The van der Waals surface area contributed by atoms with E-state index in [4.69, 9.17) is 9.47 Å². The average molecular weight is 529 g/mol. The van der Waals surface area contributed by atoms with Crippen molar-refractivity contribution in [3.05, 3.63) is 59.7 Å². The average Bonchev–Trinajstić information content (AvgIpc) is 3.54. The van der Waals surface area contributed by atoms with E-state index in [0.717, 1.165) is 68.4 Å². The number of carbonyl (C=O) groups excluding carboxylic acids is 2. The smallest absolute Gasteiger partial charge is 0.165 e. The van der Waals surface area contributed by atoms with Crippen LogP contribution >= 0.6 is 0 Å². The molecule has 39 heavy (non-hydrogen) atoms. The van der Waals surface area contributed by atoms with Gasteiger partial charge in [-0.1, -0.05) is 25.5 Å². The molecule has 0 amide bonds. The molecular weight excluding hydrogens is 488 g/mol. The van der Waals surface area contributed by atoms with Crippen LogP contribution in [0.2, 0.25) is 0 Å². The summed E-state index contributed by atoms with van der Waals surface area (Å²) in [4.78, 5) is 30.1. The number of nitrogens with zero attached hydrogens (tertiary/aromatic N) is 2. The van der Waals surface area contributed by atoms with Crippen LogP contribution in [-0.2, 0) is 16.1 Å². The van der Waals surface area contributed by atoms with Gasteiger partial charge in [-0.25, -0.2) is 4.98 Å². The van der Waals surface area contributed by atoms with E-state index in [-0.39, 0.29) is 10.8 Å². The SMILES string of the molecule is COc1cc(C=C2C[C@H]3[C@@H]4CCC5=CC(=O)CC[C@]5(C)[C@@H]4CC[C@]3(C)C2=O)ccc1OCCCn1ccnc1. The van der Waals surface area contributed by atoms with Crippen LogP contribution in [0.1, 0.15) is 70.8 Å². The van der Waals surface area contributed by atoms with E-state index >= 15 is 0 Å². The quantitative estimate of drug-likeness (QED) is 0.305. The van der Waals surface area contributed by atoms with E-state index in [1.54, 1.807) is 13.3 Å². The van der Waals surface area contributed by atoms with Crippen molar-refractivity contribution in [2.45, 2.75) is 71.8 Å². The molecule has 4 aliphatic rings. The molecule has 6 rings (SSSR count). The molecular formula is C33H40N2O4. The molecule has 0 aliphatic heterocycles. The lowest BCUT2D eigenvalue weighted by Gasteiger charge is -2.56. The number of hydrogen-bond acceptors (Lipinski definition) is 5. The highest BCUT2D eigenvalue weighted by Crippen LogP contribution is 2.65. The van der Waals surface area contributed by atoms with Crippen LogP contribution in [0.5, 0.6) is 11.5 Å². The standard InChI is InChI=1S/C33H40N2O4/c1-32-11-9-25(36)20-24(32)6-7-26-27(32)10-12-33(2)28(26)19-23(31(33)37)17-22-5-8-29(30(18-22)38-3)39-16-4-14-35-15-13-34-21-35/h5,8,13,15,17-18,20-21,26-28H,4,6-7,9-12,14,16,19H2,1-3H3/t26-,27-,28+,32+,33+/m1/s1. The third-order valence-corrected chi connectivity index (χ3v) is 10.5.